The normalized spacial score (nSPS) is 8.40. The average Bonchev–Trinajstić information content (AvgIpc) is 2.15. The first-order valence-electron chi connectivity index (χ1n) is 2.73. The molecule has 0 bridgehead atoms. The minimum absolute atomic E-state index is 0. The van der Waals surface area contributed by atoms with Crippen LogP contribution >= 0.6 is 12.4 Å². The minimum atomic E-state index is 0. The maximum absolute atomic E-state index is 6.93. The highest BCUT2D eigenvalue weighted by Gasteiger charge is 1.92. The number of nitrogens with two attached hydrogens (primary N) is 1. The molecule has 0 atom stereocenters. The molecule has 0 aliphatic rings. The van der Waals surface area contributed by atoms with Crippen LogP contribution in [0.15, 0.2) is 18.5 Å². The lowest BCUT2D eigenvalue weighted by Gasteiger charge is -1.90. The van der Waals surface area contributed by atoms with Crippen molar-refractivity contribution >= 4 is 18.2 Å². The maximum Gasteiger partial charge on any atom is 0.0950 e. The molecule has 56 valence electrons. The summed E-state index contributed by atoms with van der Waals surface area (Å²) in [6, 6.07) is 1.90. The molecule has 0 fully saturated rings. The Bertz CT molecular complexity index is 193. The fourth-order valence-corrected chi connectivity index (χ4v) is 0.688. The topological polar surface area (TPSA) is 65.7 Å². The molecule has 1 aromatic rings. The van der Waals surface area contributed by atoms with Gasteiger partial charge in [0.05, 0.1) is 5.84 Å². The van der Waals surface area contributed by atoms with Gasteiger partial charge in [0, 0.05) is 18.8 Å². The van der Waals surface area contributed by atoms with Gasteiger partial charge in [-0.15, -0.1) is 12.4 Å². The average molecular weight is 160 g/mol. The quantitative estimate of drug-likeness (QED) is 0.436. The summed E-state index contributed by atoms with van der Waals surface area (Å²) in [5, 5.41) is 6.93. The third-order valence-corrected chi connectivity index (χ3v) is 1.06. The third-order valence-electron chi connectivity index (χ3n) is 1.06. The Morgan fingerprint density at radius 2 is 2.40 bits per heavy atom. The maximum atomic E-state index is 6.93. The zero-order chi connectivity index (χ0) is 6.69. The van der Waals surface area contributed by atoms with Crippen molar-refractivity contribution in [3.05, 3.63) is 24.0 Å². The van der Waals surface area contributed by atoms with Crippen LogP contribution in [0.2, 0.25) is 0 Å². The fraction of sp³-hybridized carbons (Fsp3) is 0.167. The third kappa shape index (κ3) is 2.55. The number of H-pyrrole nitrogens is 1. The molecule has 1 heterocycles. The van der Waals surface area contributed by atoms with Gasteiger partial charge >= 0.3 is 0 Å². The highest BCUT2D eigenvalue weighted by molar-refractivity contribution is 5.85. The van der Waals surface area contributed by atoms with E-state index in [1.165, 1.54) is 0 Å². The smallest absolute Gasteiger partial charge is 0.0950 e. The molecule has 1 aromatic heterocycles. The van der Waals surface area contributed by atoms with E-state index in [9.17, 15) is 0 Å². The SMILES string of the molecule is Cl.N=C(N)Cc1cc[nH]c1. The second-order valence-corrected chi connectivity index (χ2v) is 1.92. The van der Waals surface area contributed by atoms with Gasteiger partial charge in [0.15, 0.2) is 0 Å². The molecule has 0 saturated carbocycles. The number of hydrogen-bond acceptors (Lipinski definition) is 1. The van der Waals surface area contributed by atoms with Crippen molar-refractivity contribution in [3.8, 4) is 0 Å². The molecule has 0 aliphatic heterocycles. The molecule has 0 radical (unpaired) electrons. The van der Waals surface area contributed by atoms with Crippen LogP contribution in [-0.2, 0) is 6.42 Å². The summed E-state index contributed by atoms with van der Waals surface area (Å²) < 4.78 is 0. The number of aromatic amines is 1. The van der Waals surface area contributed by atoms with Crippen LogP contribution in [0.4, 0.5) is 0 Å². The number of hydrogen-bond donors (Lipinski definition) is 3. The van der Waals surface area contributed by atoms with Crippen molar-refractivity contribution in [2.24, 2.45) is 5.73 Å². The molecule has 10 heavy (non-hydrogen) atoms. The van der Waals surface area contributed by atoms with Crippen LogP contribution in [0.1, 0.15) is 5.56 Å². The van der Waals surface area contributed by atoms with E-state index < -0.39 is 0 Å². The van der Waals surface area contributed by atoms with Gasteiger partial charge in [-0.1, -0.05) is 0 Å². The fourth-order valence-electron chi connectivity index (χ4n) is 0.688. The molecule has 0 spiro atoms. The molecule has 4 heteroatoms. The summed E-state index contributed by atoms with van der Waals surface area (Å²) >= 11 is 0. The van der Waals surface area contributed by atoms with E-state index >= 15 is 0 Å². The molecule has 3 nitrogen and oxygen atoms in total. The van der Waals surface area contributed by atoms with E-state index in [4.69, 9.17) is 11.1 Å². The Labute approximate surface area is 65.5 Å². The molecule has 1 rings (SSSR count). The highest BCUT2D eigenvalue weighted by Crippen LogP contribution is 1.95. The summed E-state index contributed by atoms with van der Waals surface area (Å²) in [7, 11) is 0. The van der Waals surface area contributed by atoms with Gasteiger partial charge in [0.1, 0.15) is 0 Å². The Balaban J connectivity index is 0.000000810. The molecular formula is C6H10ClN3. The lowest BCUT2D eigenvalue weighted by molar-refractivity contribution is 1.25. The van der Waals surface area contributed by atoms with Crippen LogP contribution < -0.4 is 5.73 Å². The molecule has 0 unspecified atom stereocenters. The lowest BCUT2D eigenvalue weighted by atomic mass is 10.2. The van der Waals surface area contributed by atoms with E-state index in [-0.39, 0.29) is 18.2 Å². The summed E-state index contributed by atoms with van der Waals surface area (Å²) in [5.41, 5.74) is 6.21. The van der Waals surface area contributed by atoms with Gasteiger partial charge in [-0.2, -0.15) is 0 Å². The summed E-state index contributed by atoms with van der Waals surface area (Å²) in [6.07, 6.45) is 4.20. The molecule has 0 aromatic carbocycles. The van der Waals surface area contributed by atoms with Gasteiger partial charge in [-0.3, -0.25) is 5.41 Å². The van der Waals surface area contributed by atoms with Crippen molar-refractivity contribution in [1.29, 1.82) is 5.41 Å². The number of amidine groups is 1. The van der Waals surface area contributed by atoms with Crippen molar-refractivity contribution in [2.45, 2.75) is 6.42 Å². The lowest BCUT2D eigenvalue weighted by Crippen LogP contribution is -2.11. The van der Waals surface area contributed by atoms with Gasteiger partial charge in [-0.25, -0.2) is 0 Å². The standard InChI is InChI=1S/C6H9N3.ClH/c7-6(8)3-5-1-2-9-4-5;/h1-2,4,9H,3H2,(H3,7,8);1H. The Morgan fingerprint density at radius 3 is 2.80 bits per heavy atom. The zero-order valence-electron chi connectivity index (χ0n) is 5.42. The van der Waals surface area contributed by atoms with Crippen LogP contribution in [-0.4, -0.2) is 10.8 Å². The largest absolute Gasteiger partial charge is 0.387 e. The van der Waals surface area contributed by atoms with Gasteiger partial charge in [0.25, 0.3) is 0 Å². The molecule has 0 aliphatic carbocycles. The van der Waals surface area contributed by atoms with Crippen molar-refractivity contribution < 1.29 is 0 Å². The molecule has 0 saturated heterocycles. The predicted molar refractivity (Wildman–Crippen MR) is 43.7 cm³/mol. The Morgan fingerprint density at radius 1 is 1.70 bits per heavy atom. The zero-order valence-corrected chi connectivity index (χ0v) is 6.24. The van der Waals surface area contributed by atoms with Gasteiger partial charge in [-0.05, 0) is 11.6 Å². The summed E-state index contributed by atoms with van der Waals surface area (Å²) in [6.45, 7) is 0. The van der Waals surface area contributed by atoms with E-state index in [1.54, 1.807) is 0 Å². The Hall–Kier alpha value is -0.960. The molecule has 4 N–H and O–H groups in total. The monoisotopic (exact) mass is 159 g/mol. The van der Waals surface area contributed by atoms with Crippen molar-refractivity contribution in [1.82, 2.24) is 4.98 Å². The second-order valence-electron chi connectivity index (χ2n) is 1.92. The summed E-state index contributed by atoms with van der Waals surface area (Å²) in [4.78, 5) is 2.88. The Kier molecular flexibility index (Phi) is 3.57. The van der Waals surface area contributed by atoms with E-state index in [2.05, 4.69) is 4.98 Å². The molecular weight excluding hydrogens is 150 g/mol. The second kappa shape index (κ2) is 3.95. The number of aromatic nitrogens is 1. The van der Waals surface area contributed by atoms with Crippen LogP contribution in [0, 0.1) is 5.41 Å². The molecule has 0 amide bonds. The van der Waals surface area contributed by atoms with Crippen molar-refractivity contribution in [3.63, 3.8) is 0 Å². The van der Waals surface area contributed by atoms with E-state index in [0.717, 1.165) is 5.56 Å². The van der Waals surface area contributed by atoms with Crippen molar-refractivity contribution in [2.75, 3.05) is 0 Å². The number of halogens is 1. The first kappa shape index (κ1) is 9.04. The predicted octanol–water partition coefficient (Wildman–Crippen LogP) is 0.915. The first-order chi connectivity index (χ1) is 4.29. The van der Waals surface area contributed by atoms with Crippen LogP contribution in [0.25, 0.3) is 0 Å². The van der Waals surface area contributed by atoms with Gasteiger partial charge in [0.2, 0.25) is 0 Å². The number of nitrogens with one attached hydrogen (secondary N) is 2. The first-order valence-corrected chi connectivity index (χ1v) is 2.73. The number of rotatable bonds is 2. The van der Waals surface area contributed by atoms with E-state index in [0.29, 0.717) is 6.42 Å². The minimum Gasteiger partial charge on any atom is -0.387 e. The summed E-state index contributed by atoms with van der Waals surface area (Å²) in [5.74, 6) is 0.203. The van der Waals surface area contributed by atoms with Gasteiger partial charge < -0.3 is 10.7 Å². The van der Waals surface area contributed by atoms with E-state index in [1.807, 2.05) is 18.5 Å². The highest BCUT2D eigenvalue weighted by atomic mass is 35.5. The van der Waals surface area contributed by atoms with Crippen LogP contribution in [0.3, 0.4) is 0 Å². The van der Waals surface area contributed by atoms with Crippen LogP contribution in [0.5, 0.6) is 0 Å².